The van der Waals surface area contributed by atoms with Crippen LogP contribution < -0.4 is 15.8 Å². The summed E-state index contributed by atoms with van der Waals surface area (Å²) in [6.45, 7) is 5.90. The van der Waals surface area contributed by atoms with Crippen LogP contribution in [0.3, 0.4) is 0 Å². The molecule has 0 heterocycles. The van der Waals surface area contributed by atoms with Crippen molar-refractivity contribution in [3.8, 4) is 5.75 Å². The van der Waals surface area contributed by atoms with Gasteiger partial charge in [-0.1, -0.05) is 13.0 Å². The summed E-state index contributed by atoms with van der Waals surface area (Å²) >= 11 is 0. The van der Waals surface area contributed by atoms with E-state index in [4.69, 9.17) is 10.5 Å². The van der Waals surface area contributed by atoms with Crippen LogP contribution in [0.1, 0.15) is 39.2 Å². The topological polar surface area (TPSA) is 64.3 Å². The molecule has 19 heavy (non-hydrogen) atoms. The first-order valence-electron chi connectivity index (χ1n) is 6.61. The van der Waals surface area contributed by atoms with Crippen LogP contribution in [0.25, 0.3) is 0 Å². The Bertz CT molecular complexity index is 436. The number of rotatable bonds is 6. The average molecular weight is 264 g/mol. The molecule has 0 bridgehead atoms. The molecule has 1 aromatic carbocycles. The number of aryl methyl sites for hydroxylation is 1. The number of methoxy groups -OCH3 is 1. The third kappa shape index (κ3) is 5.30. The van der Waals surface area contributed by atoms with Gasteiger partial charge in [-0.05, 0) is 44.4 Å². The molecule has 0 radical (unpaired) electrons. The third-order valence-corrected chi connectivity index (χ3v) is 2.94. The maximum Gasteiger partial charge on any atom is 0.224 e. The summed E-state index contributed by atoms with van der Waals surface area (Å²) in [6.07, 6.45) is 1.97. The molecule has 0 spiro atoms. The molecule has 0 aliphatic rings. The Labute approximate surface area is 115 Å². The maximum absolute atomic E-state index is 11.9. The van der Waals surface area contributed by atoms with Gasteiger partial charge in [-0.2, -0.15) is 0 Å². The van der Waals surface area contributed by atoms with E-state index >= 15 is 0 Å². The highest BCUT2D eigenvalue weighted by Gasteiger charge is 2.14. The van der Waals surface area contributed by atoms with Crippen molar-refractivity contribution >= 4 is 11.6 Å². The number of hydrogen-bond donors (Lipinski definition) is 2. The van der Waals surface area contributed by atoms with Gasteiger partial charge in [0.2, 0.25) is 5.91 Å². The van der Waals surface area contributed by atoms with E-state index in [2.05, 4.69) is 12.2 Å². The SMILES string of the molecule is CCc1ccc(OC)c(NC(=O)CCC(C)(C)N)c1. The normalized spacial score (nSPS) is 11.2. The van der Waals surface area contributed by atoms with Crippen molar-refractivity contribution in [2.24, 2.45) is 5.73 Å². The zero-order valence-electron chi connectivity index (χ0n) is 12.2. The number of hydrogen-bond acceptors (Lipinski definition) is 3. The number of carbonyl (C=O) groups is 1. The van der Waals surface area contributed by atoms with Crippen molar-refractivity contribution < 1.29 is 9.53 Å². The van der Waals surface area contributed by atoms with Crippen LogP contribution in [-0.2, 0) is 11.2 Å². The van der Waals surface area contributed by atoms with Gasteiger partial charge in [0.25, 0.3) is 0 Å². The Balaban J connectivity index is 2.72. The summed E-state index contributed by atoms with van der Waals surface area (Å²) < 4.78 is 5.25. The second kappa shape index (κ2) is 6.57. The van der Waals surface area contributed by atoms with Gasteiger partial charge < -0.3 is 15.8 Å². The molecule has 1 amide bonds. The minimum atomic E-state index is -0.327. The van der Waals surface area contributed by atoms with Gasteiger partial charge in [0.05, 0.1) is 12.8 Å². The summed E-state index contributed by atoms with van der Waals surface area (Å²) in [5.74, 6) is 0.641. The molecular formula is C15H24N2O2. The van der Waals surface area contributed by atoms with Crippen LogP contribution >= 0.6 is 0 Å². The summed E-state index contributed by atoms with van der Waals surface area (Å²) in [7, 11) is 1.60. The monoisotopic (exact) mass is 264 g/mol. The van der Waals surface area contributed by atoms with E-state index < -0.39 is 0 Å². The lowest BCUT2D eigenvalue weighted by atomic mass is 10.00. The predicted molar refractivity (Wildman–Crippen MR) is 78.5 cm³/mol. The van der Waals surface area contributed by atoms with Crippen LogP contribution in [0, 0.1) is 0 Å². The maximum atomic E-state index is 11.9. The van der Waals surface area contributed by atoms with Crippen molar-refractivity contribution in [2.45, 2.75) is 45.6 Å². The fourth-order valence-electron chi connectivity index (χ4n) is 1.72. The Kier molecular flexibility index (Phi) is 5.36. The van der Waals surface area contributed by atoms with Crippen molar-refractivity contribution in [1.29, 1.82) is 0 Å². The Hall–Kier alpha value is -1.55. The molecule has 1 rings (SSSR count). The molecule has 0 aliphatic heterocycles. The van der Waals surface area contributed by atoms with E-state index in [0.717, 1.165) is 17.7 Å². The molecule has 0 aliphatic carbocycles. The van der Waals surface area contributed by atoms with Gasteiger partial charge in [0.15, 0.2) is 0 Å². The molecule has 0 aromatic heterocycles. The lowest BCUT2D eigenvalue weighted by Gasteiger charge is -2.18. The van der Waals surface area contributed by atoms with Crippen molar-refractivity contribution in [3.63, 3.8) is 0 Å². The Morgan fingerprint density at radius 1 is 1.42 bits per heavy atom. The molecule has 0 saturated heterocycles. The highest BCUT2D eigenvalue weighted by Crippen LogP contribution is 2.26. The lowest BCUT2D eigenvalue weighted by molar-refractivity contribution is -0.116. The summed E-state index contributed by atoms with van der Waals surface area (Å²) in [5.41, 5.74) is 7.43. The molecule has 4 heteroatoms. The van der Waals surface area contributed by atoms with E-state index in [0.29, 0.717) is 18.6 Å². The van der Waals surface area contributed by atoms with Gasteiger partial charge in [0.1, 0.15) is 5.75 Å². The number of benzene rings is 1. The van der Waals surface area contributed by atoms with Gasteiger partial charge in [-0.3, -0.25) is 4.79 Å². The standard InChI is InChI=1S/C15H24N2O2/c1-5-11-6-7-13(19-4)12(10-11)17-14(18)8-9-15(2,3)16/h6-7,10H,5,8-9,16H2,1-4H3,(H,17,18). The van der Waals surface area contributed by atoms with Gasteiger partial charge in [0, 0.05) is 12.0 Å². The quantitative estimate of drug-likeness (QED) is 0.830. The summed E-state index contributed by atoms with van der Waals surface area (Å²) in [6, 6.07) is 5.82. The van der Waals surface area contributed by atoms with Crippen molar-refractivity contribution in [3.05, 3.63) is 23.8 Å². The molecule has 4 nitrogen and oxygen atoms in total. The Morgan fingerprint density at radius 3 is 2.63 bits per heavy atom. The molecule has 3 N–H and O–H groups in total. The largest absolute Gasteiger partial charge is 0.495 e. The molecule has 0 saturated carbocycles. The first-order valence-corrected chi connectivity index (χ1v) is 6.61. The van der Waals surface area contributed by atoms with Crippen LogP contribution in [0.15, 0.2) is 18.2 Å². The first kappa shape index (κ1) is 15.5. The second-order valence-corrected chi connectivity index (χ2v) is 5.42. The van der Waals surface area contributed by atoms with Crippen LogP contribution in [0.4, 0.5) is 5.69 Å². The number of nitrogens with two attached hydrogens (primary N) is 1. The molecule has 0 atom stereocenters. The number of carbonyl (C=O) groups excluding carboxylic acids is 1. The van der Waals surface area contributed by atoms with Gasteiger partial charge in [-0.25, -0.2) is 0 Å². The number of amides is 1. The van der Waals surface area contributed by atoms with E-state index in [1.54, 1.807) is 7.11 Å². The second-order valence-electron chi connectivity index (χ2n) is 5.42. The minimum absolute atomic E-state index is 0.0370. The smallest absolute Gasteiger partial charge is 0.224 e. The first-order chi connectivity index (χ1) is 8.85. The minimum Gasteiger partial charge on any atom is -0.495 e. The molecule has 1 aromatic rings. The number of anilines is 1. The average Bonchev–Trinajstić information content (AvgIpc) is 2.35. The third-order valence-electron chi connectivity index (χ3n) is 2.94. The van der Waals surface area contributed by atoms with E-state index in [1.165, 1.54) is 0 Å². The van der Waals surface area contributed by atoms with Crippen molar-refractivity contribution in [1.82, 2.24) is 0 Å². The number of ether oxygens (including phenoxy) is 1. The fraction of sp³-hybridized carbons (Fsp3) is 0.533. The van der Waals surface area contributed by atoms with Gasteiger partial charge in [-0.15, -0.1) is 0 Å². The van der Waals surface area contributed by atoms with Crippen LogP contribution in [0.2, 0.25) is 0 Å². The fourth-order valence-corrected chi connectivity index (χ4v) is 1.72. The predicted octanol–water partition coefficient (Wildman–Crippen LogP) is 2.71. The molecule has 106 valence electrons. The zero-order chi connectivity index (χ0) is 14.5. The summed E-state index contributed by atoms with van der Waals surface area (Å²) in [4.78, 5) is 11.9. The van der Waals surface area contributed by atoms with E-state index in [-0.39, 0.29) is 11.4 Å². The molecule has 0 fully saturated rings. The van der Waals surface area contributed by atoms with Crippen LogP contribution in [-0.4, -0.2) is 18.6 Å². The molecular weight excluding hydrogens is 240 g/mol. The van der Waals surface area contributed by atoms with E-state index in [1.807, 2.05) is 32.0 Å². The lowest BCUT2D eigenvalue weighted by Crippen LogP contribution is -2.33. The summed E-state index contributed by atoms with van der Waals surface area (Å²) in [5, 5.41) is 2.89. The highest BCUT2D eigenvalue weighted by atomic mass is 16.5. The molecule has 0 unspecified atom stereocenters. The highest BCUT2D eigenvalue weighted by molar-refractivity contribution is 5.92. The van der Waals surface area contributed by atoms with Gasteiger partial charge >= 0.3 is 0 Å². The number of nitrogens with one attached hydrogen (secondary N) is 1. The van der Waals surface area contributed by atoms with Crippen LogP contribution in [0.5, 0.6) is 5.75 Å². The van der Waals surface area contributed by atoms with Crippen molar-refractivity contribution in [2.75, 3.05) is 12.4 Å². The zero-order valence-corrected chi connectivity index (χ0v) is 12.2. The van der Waals surface area contributed by atoms with E-state index in [9.17, 15) is 4.79 Å². The Morgan fingerprint density at radius 2 is 2.11 bits per heavy atom.